The molecule has 0 saturated heterocycles. The summed E-state index contributed by atoms with van der Waals surface area (Å²) in [6.07, 6.45) is 2.33. The number of aldehydes is 1. The molecule has 0 amide bonds. The molecule has 0 spiro atoms. The number of hydrogen-bond acceptors (Lipinski definition) is 5. The Bertz CT molecular complexity index is 657. The summed E-state index contributed by atoms with van der Waals surface area (Å²) in [5.41, 5.74) is 1.09. The second kappa shape index (κ2) is 5.66. The Labute approximate surface area is 115 Å². The molecule has 0 unspecified atom stereocenters. The van der Waals surface area contributed by atoms with Crippen LogP contribution in [0.3, 0.4) is 0 Å². The fourth-order valence-electron chi connectivity index (χ4n) is 1.62. The van der Waals surface area contributed by atoms with Crippen molar-refractivity contribution < 1.29 is 13.2 Å². The van der Waals surface area contributed by atoms with Crippen LogP contribution >= 0.6 is 11.3 Å². The van der Waals surface area contributed by atoms with Crippen LogP contribution in [0.15, 0.2) is 23.7 Å². The third-order valence-electron chi connectivity index (χ3n) is 2.74. The summed E-state index contributed by atoms with van der Waals surface area (Å²) in [4.78, 5) is 11.9. The number of nitrogens with zero attached hydrogens (tertiary/aromatic N) is 2. The molecule has 0 bridgehead atoms. The molecule has 2 heterocycles. The van der Waals surface area contributed by atoms with E-state index in [1.807, 2.05) is 17.5 Å². The van der Waals surface area contributed by atoms with E-state index < -0.39 is 9.84 Å². The minimum atomic E-state index is -3.03. The molecule has 0 aliphatic carbocycles. The van der Waals surface area contributed by atoms with Gasteiger partial charge in [-0.25, -0.2) is 8.42 Å². The van der Waals surface area contributed by atoms with Crippen molar-refractivity contribution in [2.75, 3.05) is 11.5 Å². The number of rotatable bonds is 6. The maximum absolute atomic E-state index is 11.5. The lowest BCUT2D eigenvalue weighted by Crippen LogP contribution is -2.14. The number of hydrogen-bond donors (Lipinski definition) is 0. The van der Waals surface area contributed by atoms with Crippen LogP contribution in [0.1, 0.15) is 17.3 Å². The van der Waals surface area contributed by atoms with E-state index in [0.29, 0.717) is 11.3 Å². The minimum absolute atomic E-state index is 0.0351. The number of carbonyl (C=O) groups excluding carboxylic acids is 1. The molecule has 0 aliphatic rings. The molecule has 0 aliphatic heterocycles. The molecule has 102 valence electrons. The highest BCUT2D eigenvalue weighted by Crippen LogP contribution is 2.25. The van der Waals surface area contributed by atoms with Gasteiger partial charge in [0, 0.05) is 11.9 Å². The van der Waals surface area contributed by atoms with E-state index in [1.165, 1.54) is 16.0 Å². The Morgan fingerprint density at radius 2 is 2.26 bits per heavy atom. The molecule has 0 N–H and O–H groups in total. The van der Waals surface area contributed by atoms with Gasteiger partial charge in [0.05, 0.1) is 22.7 Å². The third kappa shape index (κ3) is 3.30. The molecule has 2 rings (SSSR count). The van der Waals surface area contributed by atoms with Gasteiger partial charge >= 0.3 is 0 Å². The molecule has 0 aromatic carbocycles. The summed E-state index contributed by atoms with van der Waals surface area (Å²) < 4.78 is 24.4. The van der Waals surface area contributed by atoms with Crippen molar-refractivity contribution in [2.45, 2.75) is 13.5 Å². The first kappa shape index (κ1) is 14.0. The normalized spacial score (nSPS) is 11.6. The van der Waals surface area contributed by atoms with Gasteiger partial charge in [-0.15, -0.1) is 11.3 Å². The summed E-state index contributed by atoms with van der Waals surface area (Å²) in [7, 11) is -3.03. The molecule has 0 atom stereocenters. The molecule has 0 radical (unpaired) electrons. The Balaban J connectivity index is 2.23. The Morgan fingerprint density at radius 3 is 2.84 bits per heavy atom. The monoisotopic (exact) mass is 298 g/mol. The van der Waals surface area contributed by atoms with E-state index in [9.17, 15) is 13.2 Å². The summed E-state index contributed by atoms with van der Waals surface area (Å²) in [5, 5.41) is 6.20. The topological polar surface area (TPSA) is 69.0 Å². The van der Waals surface area contributed by atoms with Gasteiger partial charge < -0.3 is 0 Å². The fraction of sp³-hybridized carbons (Fsp3) is 0.333. The first-order valence-corrected chi connectivity index (χ1v) is 8.53. The van der Waals surface area contributed by atoms with Gasteiger partial charge in [-0.3, -0.25) is 9.48 Å². The number of aryl methyl sites for hydroxylation is 1. The zero-order chi connectivity index (χ0) is 13.9. The van der Waals surface area contributed by atoms with Crippen molar-refractivity contribution in [1.29, 1.82) is 0 Å². The predicted molar refractivity (Wildman–Crippen MR) is 75.3 cm³/mol. The van der Waals surface area contributed by atoms with Crippen LogP contribution in [0.2, 0.25) is 0 Å². The number of sulfone groups is 1. The average Bonchev–Trinajstić information content (AvgIpc) is 3.05. The van der Waals surface area contributed by atoms with Crippen LogP contribution in [0.4, 0.5) is 0 Å². The van der Waals surface area contributed by atoms with E-state index >= 15 is 0 Å². The van der Waals surface area contributed by atoms with Gasteiger partial charge in [-0.05, 0) is 11.4 Å². The Hall–Kier alpha value is -1.47. The van der Waals surface area contributed by atoms with Crippen LogP contribution in [-0.2, 0) is 16.4 Å². The van der Waals surface area contributed by atoms with E-state index in [0.717, 1.165) is 11.2 Å². The molecule has 2 aromatic heterocycles. The lowest BCUT2D eigenvalue weighted by molar-refractivity contribution is 0.112. The van der Waals surface area contributed by atoms with Gasteiger partial charge in [0.25, 0.3) is 0 Å². The SMILES string of the molecule is CCS(=O)(=O)CCn1cc(C=O)c(-c2cccs2)n1. The zero-order valence-electron chi connectivity index (χ0n) is 10.4. The maximum Gasteiger partial charge on any atom is 0.153 e. The van der Waals surface area contributed by atoms with Crippen molar-refractivity contribution in [1.82, 2.24) is 9.78 Å². The summed E-state index contributed by atoms with van der Waals surface area (Å²) in [6, 6.07) is 3.77. The molecular formula is C12H14N2O3S2. The van der Waals surface area contributed by atoms with E-state index in [1.54, 1.807) is 13.1 Å². The molecular weight excluding hydrogens is 284 g/mol. The zero-order valence-corrected chi connectivity index (χ0v) is 12.1. The lowest BCUT2D eigenvalue weighted by Gasteiger charge is -2.01. The fourth-order valence-corrected chi connectivity index (χ4v) is 3.10. The van der Waals surface area contributed by atoms with Crippen molar-refractivity contribution >= 4 is 27.5 Å². The minimum Gasteiger partial charge on any atom is -0.298 e. The first-order valence-electron chi connectivity index (χ1n) is 5.82. The van der Waals surface area contributed by atoms with Crippen molar-refractivity contribution in [3.8, 4) is 10.6 Å². The van der Waals surface area contributed by atoms with Crippen LogP contribution in [-0.4, -0.2) is 36.0 Å². The van der Waals surface area contributed by atoms with Crippen molar-refractivity contribution in [2.24, 2.45) is 0 Å². The number of thiophene rings is 1. The number of aromatic nitrogens is 2. The summed E-state index contributed by atoms with van der Waals surface area (Å²) in [6.45, 7) is 1.88. The molecule has 0 fully saturated rings. The van der Waals surface area contributed by atoms with Crippen LogP contribution in [0, 0.1) is 0 Å². The highest BCUT2D eigenvalue weighted by atomic mass is 32.2. The van der Waals surface area contributed by atoms with E-state index in [2.05, 4.69) is 5.10 Å². The van der Waals surface area contributed by atoms with Gasteiger partial charge in [0.1, 0.15) is 5.69 Å². The van der Waals surface area contributed by atoms with E-state index in [-0.39, 0.29) is 18.1 Å². The third-order valence-corrected chi connectivity index (χ3v) is 5.30. The maximum atomic E-state index is 11.5. The first-order chi connectivity index (χ1) is 9.05. The average molecular weight is 298 g/mol. The Morgan fingerprint density at radius 1 is 1.47 bits per heavy atom. The molecule has 0 saturated carbocycles. The summed E-state index contributed by atoms with van der Waals surface area (Å²) in [5.74, 6) is 0.153. The second-order valence-corrected chi connectivity index (χ2v) is 7.45. The van der Waals surface area contributed by atoms with Crippen LogP contribution in [0.25, 0.3) is 10.6 Å². The summed E-state index contributed by atoms with van der Waals surface area (Å²) >= 11 is 1.49. The van der Waals surface area contributed by atoms with Gasteiger partial charge in [-0.2, -0.15) is 5.10 Å². The van der Waals surface area contributed by atoms with Crippen LogP contribution < -0.4 is 0 Å². The number of carbonyl (C=O) groups is 1. The lowest BCUT2D eigenvalue weighted by atomic mass is 10.2. The highest BCUT2D eigenvalue weighted by molar-refractivity contribution is 7.91. The van der Waals surface area contributed by atoms with Gasteiger partial charge in [0.2, 0.25) is 0 Å². The van der Waals surface area contributed by atoms with Gasteiger partial charge in [-0.1, -0.05) is 13.0 Å². The molecule has 19 heavy (non-hydrogen) atoms. The second-order valence-electron chi connectivity index (χ2n) is 4.03. The quantitative estimate of drug-likeness (QED) is 0.763. The smallest absolute Gasteiger partial charge is 0.153 e. The standard InChI is InChI=1S/C12H14N2O3S2/c1-2-19(16,17)7-5-14-8-10(9-15)12(13-14)11-4-3-6-18-11/h3-4,6,8-9H,2,5,7H2,1H3. The van der Waals surface area contributed by atoms with Crippen LogP contribution in [0.5, 0.6) is 0 Å². The predicted octanol–water partition coefficient (Wildman–Crippen LogP) is 1.86. The van der Waals surface area contributed by atoms with Crippen molar-refractivity contribution in [3.05, 3.63) is 29.3 Å². The molecule has 5 nitrogen and oxygen atoms in total. The van der Waals surface area contributed by atoms with Crippen molar-refractivity contribution in [3.63, 3.8) is 0 Å². The molecule has 2 aromatic rings. The van der Waals surface area contributed by atoms with Gasteiger partial charge in [0.15, 0.2) is 16.1 Å². The molecule has 7 heteroatoms. The highest BCUT2D eigenvalue weighted by Gasteiger charge is 2.13. The Kier molecular flexibility index (Phi) is 4.16. The largest absolute Gasteiger partial charge is 0.298 e. The van der Waals surface area contributed by atoms with E-state index in [4.69, 9.17) is 0 Å².